The third-order valence-electron chi connectivity index (χ3n) is 5.09. The third-order valence-corrected chi connectivity index (χ3v) is 5.68. The van der Waals surface area contributed by atoms with E-state index in [1.165, 1.54) is 6.21 Å². The van der Waals surface area contributed by atoms with Crippen molar-refractivity contribution >= 4 is 34.0 Å². The Morgan fingerprint density at radius 2 is 1.76 bits per heavy atom. The van der Waals surface area contributed by atoms with Gasteiger partial charge in [0.15, 0.2) is 18.1 Å². The molecule has 8 nitrogen and oxygen atoms in total. The Balaban J connectivity index is 2.04. The van der Waals surface area contributed by atoms with Gasteiger partial charge in [0.2, 0.25) is 0 Å². The fourth-order valence-electron chi connectivity index (χ4n) is 3.36. The molecule has 2 aromatic rings. The second-order valence-corrected chi connectivity index (χ2v) is 10.4. The van der Waals surface area contributed by atoms with Gasteiger partial charge in [-0.15, -0.1) is 0 Å². The minimum Gasteiger partial charge on any atom is -0.490 e. The molecule has 0 aliphatic rings. The second kappa shape index (κ2) is 15.2. The smallest absolute Gasteiger partial charge is 0.262 e. The van der Waals surface area contributed by atoms with Crippen molar-refractivity contribution in [1.29, 1.82) is 0 Å². The quantitative estimate of drug-likeness (QED) is 0.237. The fourth-order valence-corrected chi connectivity index (χ4v) is 3.94. The molecule has 2 N–H and O–H groups in total. The molecular formula is C28H38BrN3O5. The average molecular weight is 577 g/mol. The topological polar surface area (TPSA) is 98.2 Å². The van der Waals surface area contributed by atoms with Gasteiger partial charge in [-0.2, -0.15) is 5.10 Å². The van der Waals surface area contributed by atoms with Gasteiger partial charge in [-0.05, 0) is 77.4 Å². The van der Waals surface area contributed by atoms with Gasteiger partial charge < -0.3 is 19.5 Å². The van der Waals surface area contributed by atoms with Crippen LogP contribution in [0.3, 0.4) is 0 Å². The highest BCUT2D eigenvalue weighted by Crippen LogP contribution is 2.36. The molecule has 202 valence electrons. The number of aryl methyl sites for hydroxylation is 1. The van der Waals surface area contributed by atoms with E-state index in [2.05, 4.69) is 45.6 Å². The standard InChI is InChI=1S/C28H38BrN3O5/c1-7-35-25-14-21(13-22(29)27(25)37-16-19(4)5)15-30-32-28(34)23(12-18(2)3)31-26(33)17-36-24-11-9-8-10-20(24)6/h8-11,13-15,18-19,23H,7,12,16-17H2,1-6H3,(H,31,33)(H,32,34)/b30-15-/t23-/m0/s1. The van der Waals surface area contributed by atoms with Crippen LogP contribution in [0.5, 0.6) is 17.2 Å². The summed E-state index contributed by atoms with van der Waals surface area (Å²) in [6, 6.07) is 10.3. The summed E-state index contributed by atoms with van der Waals surface area (Å²) in [5.74, 6) is 1.61. The zero-order valence-corrected chi connectivity index (χ0v) is 24.1. The van der Waals surface area contributed by atoms with Gasteiger partial charge >= 0.3 is 0 Å². The molecule has 9 heteroatoms. The number of nitrogens with one attached hydrogen (secondary N) is 2. The highest BCUT2D eigenvalue weighted by Gasteiger charge is 2.22. The summed E-state index contributed by atoms with van der Waals surface area (Å²) in [5, 5.41) is 6.86. The van der Waals surface area contributed by atoms with Crippen molar-refractivity contribution in [2.24, 2.45) is 16.9 Å². The first-order valence-electron chi connectivity index (χ1n) is 12.5. The predicted molar refractivity (Wildman–Crippen MR) is 149 cm³/mol. The van der Waals surface area contributed by atoms with Gasteiger partial charge in [-0.3, -0.25) is 9.59 Å². The lowest BCUT2D eigenvalue weighted by Crippen LogP contribution is -2.47. The van der Waals surface area contributed by atoms with E-state index in [4.69, 9.17) is 14.2 Å². The van der Waals surface area contributed by atoms with Crippen LogP contribution in [-0.4, -0.2) is 43.9 Å². The molecule has 2 amide bonds. The van der Waals surface area contributed by atoms with Crippen LogP contribution in [0.1, 0.15) is 52.2 Å². The van der Waals surface area contributed by atoms with Crippen LogP contribution in [0.25, 0.3) is 0 Å². The molecule has 0 bridgehead atoms. The molecule has 0 spiro atoms. The van der Waals surface area contributed by atoms with Crippen LogP contribution in [-0.2, 0) is 9.59 Å². The summed E-state index contributed by atoms with van der Waals surface area (Å²) in [6.07, 6.45) is 1.98. The number of nitrogens with zero attached hydrogens (tertiary/aromatic N) is 1. The number of amides is 2. The molecular weight excluding hydrogens is 538 g/mol. The van der Waals surface area contributed by atoms with E-state index in [-0.39, 0.29) is 18.4 Å². The first-order valence-corrected chi connectivity index (χ1v) is 13.3. The minimum atomic E-state index is -0.748. The van der Waals surface area contributed by atoms with E-state index in [1.54, 1.807) is 12.1 Å². The molecule has 2 aromatic carbocycles. The molecule has 0 radical (unpaired) electrons. The van der Waals surface area contributed by atoms with E-state index in [1.807, 2.05) is 52.0 Å². The third kappa shape index (κ3) is 10.4. The number of hydrogen-bond acceptors (Lipinski definition) is 6. The van der Waals surface area contributed by atoms with Gasteiger partial charge in [-0.25, -0.2) is 5.43 Å². The first-order chi connectivity index (χ1) is 17.6. The maximum atomic E-state index is 12.8. The number of rotatable bonds is 14. The van der Waals surface area contributed by atoms with Crippen LogP contribution in [0, 0.1) is 18.8 Å². The number of hydrogen-bond donors (Lipinski definition) is 2. The van der Waals surface area contributed by atoms with E-state index < -0.39 is 11.9 Å². The Kier molecular flexibility index (Phi) is 12.4. The monoisotopic (exact) mass is 575 g/mol. The molecule has 0 aliphatic carbocycles. The number of carbonyl (C=O) groups is 2. The van der Waals surface area contributed by atoms with Crippen molar-refractivity contribution in [3.8, 4) is 17.2 Å². The molecule has 2 rings (SSSR count). The lowest BCUT2D eigenvalue weighted by Gasteiger charge is -2.19. The fraction of sp³-hybridized carbons (Fsp3) is 0.464. The van der Waals surface area contributed by atoms with Crippen molar-refractivity contribution in [3.05, 3.63) is 52.0 Å². The molecule has 1 atom stereocenters. The predicted octanol–water partition coefficient (Wildman–Crippen LogP) is 5.25. The highest BCUT2D eigenvalue weighted by molar-refractivity contribution is 9.10. The SMILES string of the molecule is CCOc1cc(/C=N\NC(=O)[C@H](CC(C)C)NC(=O)COc2ccccc2C)cc(Br)c1OCC(C)C. The second-order valence-electron chi connectivity index (χ2n) is 9.51. The minimum absolute atomic E-state index is 0.181. The summed E-state index contributed by atoms with van der Waals surface area (Å²) in [5.41, 5.74) is 4.18. The number of carbonyl (C=O) groups excluding carboxylic acids is 2. The van der Waals surface area contributed by atoms with Gasteiger partial charge in [0.05, 0.1) is 23.9 Å². The molecule has 0 saturated heterocycles. The van der Waals surface area contributed by atoms with Crippen LogP contribution < -0.4 is 25.0 Å². The molecule has 0 saturated carbocycles. The van der Waals surface area contributed by atoms with Crippen LogP contribution in [0.4, 0.5) is 0 Å². The van der Waals surface area contributed by atoms with Gasteiger partial charge in [0.1, 0.15) is 11.8 Å². The van der Waals surface area contributed by atoms with Crippen molar-refractivity contribution in [2.75, 3.05) is 19.8 Å². The summed E-state index contributed by atoms with van der Waals surface area (Å²) in [7, 11) is 0. The number of para-hydroxylation sites is 1. The molecule has 37 heavy (non-hydrogen) atoms. The Bertz CT molecular complexity index is 1070. The Labute approximate surface area is 228 Å². The normalized spacial score (nSPS) is 12.0. The molecule has 0 unspecified atom stereocenters. The van der Waals surface area contributed by atoms with Crippen LogP contribution >= 0.6 is 15.9 Å². The van der Waals surface area contributed by atoms with E-state index in [9.17, 15) is 9.59 Å². The van der Waals surface area contributed by atoms with E-state index in [0.29, 0.717) is 48.4 Å². The summed E-state index contributed by atoms with van der Waals surface area (Å²) in [6.45, 7) is 12.8. The average Bonchev–Trinajstić information content (AvgIpc) is 2.82. The Morgan fingerprint density at radius 3 is 2.41 bits per heavy atom. The molecule has 0 fully saturated rings. The zero-order chi connectivity index (χ0) is 27.4. The lowest BCUT2D eigenvalue weighted by molar-refractivity contribution is -0.130. The summed E-state index contributed by atoms with van der Waals surface area (Å²) >= 11 is 3.54. The van der Waals surface area contributed by atoms with E-state index >= 15 is 0 Å². The highest BCUT2D eigenvalue weighted by atomic mass is 79.9. The largest absolute Gasteiger partial charge is 0.490 e. The van der Waals surface area contributed by atoms with Gasteiger partial charge in [0, 0.05) is 0 Å². The molecule has 0 heterocycles. The first kappa shape index (κ1) is 30.2. The van der Waals surface area contributed by atoms with Crippen molar-refractivity contribution in [1.82, 2.24) is 10.7 Å². The van der Waals surface area contributed by atoms with Gasteiger partial charge in [0.25, 0.3) is 11.8 Å². The Morgan fingerprint density at radius 1 is 1.03 bits per heavy atom. The maximum absolute atomic E-state index is 12.8. The van der Waals surface area contributed by atoms with Crippen LogP contribution in [0.2, 0.25) is 0 Å². The van der Waals surface area contributed by atoms with Crippen molar-refractivity contribution in [3.63, 3.8) is 0 Å². The van der Waals surface area contributed by atoms with Gasteiger partial charge in [-0.1, -0.05) is 45.9 Å². The van der Waals surface area contributed by atoms with Crippen molar-refractivity contribution < 1.29 is 23.8 Å². The number of ether oxygens (including phenoxy) is 3. The van der Waals surface area contributed by atoms with Crippen molar-refractivity contribution in [2.45, 2.75) is 54.0 Å². The van der Waals surface area contributed by atoms with Crippen LogP contribution in [0.15, 0.2) is 46.0 Å². The van der Waals surface area contributed by atoms with E-state index in [0.717, 1.165) is 10.0 Å². The number of hydrazone groups is 1. The summed E-state index contributed by atoms with van der Waals surface area (Å²) < 4.78 is 18.0. The zero-order valence-electron chi connectivity index (χ0n) is 22.5. The number of halogens is 1. The lowest BCUT2D eigenvalue weighted by atomic mass is 10.0. The Hall–Kier alpha value is -3.07. The summed E-state index contributed by atoms with van der Waals surface area (Å²) in [4.78, 5) is 25.3. The number of benzene rings is 2. The molecule has 0 aromatic heterocycles. The molecule has 0 aliphatic heterocycles. The maximum Gasteiger partial charge on any atom is 0.262 e.